The number of nitrogens with zero attached hydrogens (tertiary/aromatic N) is 1. The third-order valence-electron chi connectivity index (χ3n) is 2.39. The lowest BCUT2D eigenvalue weighted by molar-refractivity contribution is -0.114. The molecular weight excluding hydrogens is 264 g/mol. The monoisotopic (exact) mass is 276 g/mol. The molecule has 0 saturated carbocycles. The fraction of sp³-hybridized carbons (Fsp3) is 0.143. The van der Waals surface area contributed by atoms with Crippen molar-refractivity contribution in [3.8, 4) is 5.75 Å². The van der Waals surface area contributed by atoms with Crippen molar-refractivity contribution < 1.29 is 9.53 Å². The molecular formula is C14H13ClN2O2. The van der Waals surface area contributed by atoms with Gasteiger partial charge in [-0.15, -0.1) is 0 Å². The summed E-state index contributed by atoms with van der Waals surface area (Å²) < 4.78 is 5.57. The van der Waals surface area contributed by atoms with Crippen molar-refractivity contribution in [2.75, 3.05) is 5.32 Å². The van der Waals surface area contributed by atoms with E-state index >= 15 is 0 Å². The van der Waals surface area contributed by atoms with E-state index in [9.17, 15) is 4.79 Å². The lowest BCUT2D eigenvalue weighted by Gasteiger charge is -2.09. The largest absolute Gasteiger partial charge is 0.487 e. The molecule has 2 rings (SSSR count). The van der Waals surface area contributed by atoms with Crippen LogP contribution in [-0.4, -0.2) is 10.9 Å². The van der Waals surface area contributed by atoms with Crippen molar-refractivity contribution in [3.63, 3.8) is 0 Å². The highest BCUT2D eigenvalue weighted by molar-refractivity contribution is 6.31. The minimum atomic E-state index is -0.124. The van der Waals surface area contributed by atoms with Gasteiger partial charge in [-0.25, -0.2) is 0 Å². The topological polar surface area (TPSA) is 51.2 Å². The summed E-state index contributed by atoms with van der Waals surface area (Å²) in [6, 6.07) is 8.88. The average Bonchev–Trinajstić information content (AvgIpc) is 2.40. The predicted octanol–water partition coefficient (Wildman–Crippen LogP) is 3.27. The maximum absolute atomic E-state index is 11.0. The number of hydrogen-bond acceptors (Lipinski definition) is 3. The van der Waals surface area contributed by atoms with Crippen molar-refractivity contribution >= 4 is 23.2 Å². The number of carbonyl (C=O) groups excluding carboxylic acids is 1. The Morgan fingerprint density at radius 3 is 2.95 bits per heavy atom. The highest BCUT2D eigenvalue weighted by atomic mass is 35.5. The number of halogens is 1. The Hall–Kier alpha value is -2.07. The van der Waals surface area contributed by atoms with Gasteiger partial charge in [0.05, 0.1) is 6.20 Å². The molecule has 0 unspecified atom stereocenters. The number of pyridine rings is 1. The quantitative estimate of drug-likeness (QED) is 0.932. The van der Waals surface area contributed by atoms with E-state index in [1.807, 2.05) is 6.07 Å². The Kier molecular flexibility index (Phi) is 4.36. The van der Waals surface area contributed by atoms with Gasteiger partial charge in [-0.1, -0.05) is 11.6 Å². The second-order valence-corrected chi connectivity index (χ2v) is 4.37. The van der Waals surface area contributed by atoms with Crippen LogP contribution in [0.2, 0.25) is 5.02 Å². The Morgan fingerprint density at radius 2 is 2.26 bits per heavy atom. The first-order valence-corrected chi connectivity index (χ1v) is 6.12. The zero-order valence-electron chi connectivity index (χ0n) is 10.4. The SMILES string of the molecule is CC(=O)Nc1ccc(Cl)c(COc2cccnc2)c1. The summed E-state index contributed by atoms with van der Waals surface area (Å²) in [7, 11) is 0. The first kappa shape index (κ1) is 13.4. The number of benzene rings is 1. The summed E-state index contributed by atoms with van der Waals surface area (Å²) in [6.07, 6.45) is 3.31. The predicted molar refractivity (Wildman–Crippen MR) is 74.3 cm³/mol. The first-order valence-electron chi connectivity index (χ1n) is 5.74. The van der Waals surface area contributed by atoms with Crippen molar-refractivity contribution in [3.05, 3.63) is 53.3 Å². The van der Waals surface area contributed by atoms with Crippen LogP contribution >= 0.6 is 11.6 Å². The van der Waals surface area contributed by atoms with Gasteiger partial charge in [0, 0.05) is 29.4 Å². The van der Waals surface area contributed by atoms with Gasteiger partial charge in [-0.05, 0) is 30.3 Å². The molecule has 0 aliphatic carbocycles. The van der Waals surface area contributed by atoms with Gasteiger partial charge < -0.3 is 10.1 Å². The van der Waals surface area contributed by atoms with Crippen LogP contribution in [0.1, 0.15) is 12.5 Å². The number of anilines is 1. The summed E-state index contributed by atoms with van der Waals surface area (Å²) >= 11 is 6.09. The molecule has 0 aliphatic heterocycles. The summed E-state index contributed by atoms with van der Waals surface area (Å²) in [5.41, 5.74) is 1.50. The number of ether oxygens (including phenoxy) is 1. The van der Waals surface area contributed by atoms with Crippen molar-refractivity contribution in [1.29, 1.82) is 0 Å². The molecule has 0 radical (unpaired) electrons. The maximum atomic E-state index is 11.0. The van der Waals surface area contributed by atoms with Crippen LogP contribution in [0.25, 0.3) is 0 Å². The van der Waals surface area contributed by atoms with Gasteiger partial charge in [0.1, 0.15) is 12.4 Å². The van der Waals surface area contributed by atoms with E-state index in [-0.39, 0.29) is 5.91 Å². The molecule has 0 fully saturated rings. The Labute approximate surface area is 116 Å². The molecule has 0 saturated heterocycles. The van der Waals surface area contributed by atoms with Gasteiger partial charge in [-0.2, -0.15) is 0 Å². The van der Waals surface area contributed by atoms with Crippen molar-refractivity contribution in [2.45, 2.75) is 13.5 Å². The fourth-order valence-electron chi connectivity index (χ4n) is 1.56. The molecule has 0 aliphatic rings. The van der Waals surface area contributed by atoms with Crippen LogP contribution in [0.4, 0.5) is 5.69 Å². The van der Waals surface area contributed by atoms with Crippen LogP contribution in [-0.2, 0) is 11.4 Å². The summed E-state index contributed by atoms with van der Waals surface area (Å²) in [5.74, 6) is 0.546. The molecule has 98 valence electrons. The molecule has 19 heavy (non-hydrogen) atoms. The van der Waals surface area contributed by atoms with Crippen molar-refractivity contribution in [1.82, 2.24) is 4.98 Å². The second kappa shape index (κ2) is 6.20. The molecule has 1 heterocycles. The summed E-state index contributed by atoms with van der Waals surface area (Å²) in [5, 5.41) is 3.30. The highest BCUT2D eigenvalue weighted by Crippen LogP contribution is 2.22. The van der Waals surface area contributed by atoms with E-state index in [0.717, 1.165) is 5.56 Å². The fourth-order valence-corrected chi connectivity index (χ4v) is 1.73. The van der Waals surface area contributed by atoms with E-state index in [1.54, 1.807) is 36.7 Å². The summed E-state index contributed by atoms with van der Waals surface area (Å²) in [4.78, 5) is 15.0. The van der Waals surface area contributed by atoms with E-state index in [1.165, 1.54) is 6.92 Å². The van der Waals surface area contributed by atoms with Crippen LogP contribution in [0, 0.1) is 0 Å². The highest BCUT2D eigenvalue weighted by Gasteiger charge is 2.04. The molecule has 5 heteroatoms. The number of amides is 1. The molecule has 0 atom stereocenters. The van der Waals surface area contributed by atoms with Gasteiger partial charge >= 0.3 is 0 Å². The van der Waals surface area contributed by atoms with E-state index < -0.39 is 0 Å². The molecule has 1 N–H and O–H groups in total. The smallest absolute Gasteiger partial charge is 0.221 e. The molecule has 4 nitrogen and oxygen atoms in total. The van der Waals surface area contributed by atoms with Gasteiger partial charge in [0.25, 0.3) is 0 Å². The van der Waals surface area contributed by atoms with Gasteiger partial charge in [0.2, 0.25) is 5.91 Å². The molecule has 1 aromatic heterocycles. The van der Waals surface area contributed by atoms with Crippen LogP contribution in [0.15, 0.2) is 42.7 Å². The normalized spacial score (nSPS) is 10.0. The Morgan fingerprint density at radius 1 is 1.42 bits per heavy atom. The van der Waals surface area contributed by atoms with Crippen molar-refractivity contribution in [2.24, 2.45) is 0 Å². The summed E-state index contributed by atoms with van der Waals surface area (Å²) in [6.45, 7) is 1.78. The van der Waals surface area contributed by atoms with Crippen LogP contribution < -0.4 is 10.1 Å². The van der Waals surface area contributed by atoms with E-state index in [4.69, 9.17) is 16.3 Å². The number of aromatic nitrogens is 1. The van der Waals surface area contributed by atoms with Crippen LogP contribution in [0.5, 0.6) is 5.75 Å². The maximum Gasteiger partial charge on any atom is 0.221 e. The average molecular weight is 277 g/mol. The number of hydrogen-bond donors (Lipinski definition) is 1. The molecule has 0 spiro atoms. The zero-order chi connectivity index (χ0) is 13.7. The second-order valence-electron chi connectivity index (χ2n) is 3.96. The molecule has 1 aromatic carbocycles. The van der Waals surface area contributed by atoms with Crippen LogP contribution in [0.3, 0.4) is 0 Å². The zero-order valence-corrected chi connectivity index (χ0v) is 11.1. The molecule has 2 aromatic rings. The third-order valence-corrected chi connectivity index (χ3v) is 2.76. The molecule has 0 bridgehead atoms. The minimum absolute atomic E-state index is 0.124. The lowest BCUT2D eigenvalue weighted by Crippen LogP contribution is -2.06. The van der Waals surface area contributed by atoms with Gasteiger partial charge in [-0.3, -0.25) is 9.78 Å². The number of nitrogens with one attached hydrogen (secondary N) is 1. The lowest BCUT2D eigenvalue weighted by atomic mass is 10.2. The van der Waals surface area contributed by atoms with Gasteiger partial charge in [0.15, 0.2) is 0 Å². The standard InChI is InChI=1S/C14H13ClN2O2/c1-10(18)17-12-4-5-14(15)11(7-12)9-19-13-3-2-6-16-8-13/h2-8H,9H2,1H3,(H,17,18). The first-order chi connectivity index (χ1) is 9.15. The Bertz CT molecular complexity index is 573. The number of carbonyl (C=O) groups is 1. The molecule has 1 amide bonds. The number of rotatable bonds is 4. The third kappa shape index (κ3) is 3.96. The van der Waals surface area contributed by atoms with E-state index in [2.05, 4.69) is 10.3 Å². The minimum Gasteiger partial charge on any atom is -0.487 e. The van der Waals surface area contributed by atoms with E-state index in [0.29, 0.717) is 23.1 Å². The Balaban J connectivity index is 2.08.